The van der Waals surface area contributed by atoms with Crippen LogP contribution in [0.2, 0.25) is 0 Å². The van der Waals surface area contributed by atoms with Crippen molar-refractivity contribution in [2.24, 2.45) is 0 Å². The Balaban J connectivity index is 1.73. The van der Waals surface area contributed by atoms with Crippen LogP contribution in [0.4, 0.5) is 4.39 Å². The Hall–Kier alpha value is -2.81. The molecule has 0 atom stereocenters. The van der Waals surface area contributed by atoms with E-state index in [4.69, 9.17) is 9.47 Å². The number of rotatable bonds is 4. The molecule has 0 N–H and O–H groups in total. The third-order valence-corrected chi connectivity index (χ3v) is 3.64. The quantitative estimate of drug-likeness (QED) is 0.586. The van der Waals surface area contributed by atoms with E-state index in [0.717, 1.165) is 17.1 Å². The van der Waals surface area contributed by atoms with Gasteiger partial charge in [0.25, 0.3) is 0 Å². The lowest BCUT2D eigenvalue weighted by molar-refractivity contribution is 0.464. The summed E-state index contributed by atoms with van der Waals surface area (Å²) in [7, 11) is 0. The number of halogens is 1. The molecule has 0 amide bonds. The van der Waals surface area contributed by atoms with Gasteiger partial charge in [0, 0.05) is 6.07 Å². The van der Waals surface area contributed by atoms with Gasteiger partial charge in [0.2, 0.25) is 0 Å². The highest BCUT2D eigenvalue weighted by molar-refractivity contribution is 5.42. The van der Waals surface area contributed by atoms with Gasteiger partial charge in [0.05, 0.1) is 0 Å². The lowest BCUT2D eigenvalue weighted by atomic mass is 10.1. The Morgan fingerprint density at radius 3 is 2.04 bits per heavy atom. The Kier molecular flexibility index (Phi) is 4.29. The fraction of sp³-hybridized carbons (Fsp3) is 0.100. The van der Waals surface area contributed by atoms with Crippen molar-refractivity contribution in [3.63, 3.8) is 0 Å². The van der Waals surface area contributed by atoms with Crippen molar-refractivity contribution >= 4 is 0 Å². The molecule has 0 bridgehead atoms. The van der Waals surface area contributed by atoms with E-state index in [2.05, 4.69) is 13.0 Å². The van der Waals surface area contributed by atoms with E-state index in [1.54, 1.807) is 24.3 Å². The fourth-order valence-electron chi connectivity index (χ4n) is 2.20. The summed E-state index contributed by atoms with van der Waals surface area (Å²) < 4.78 is 24.7. The van der Waals surface area contributed by atoms with E-state index >= 15 is 0 Å². The molecule has 0 aliphatic rings. The molecule has 0 saturated heterocycles. The lowest BCUT2D eigenvalue weighted by Crippen LogP contribution is -1.90. The van der Waals surface area contributed by atoms with E-state index < -0.39 is 0 Å². The van der Waals surface area contributed by atoms with Crippen molar-refractivity contribution in [2.75, 3.05) is 0 Å². The number of hydrogen-bond donors (Lipinski definition) is 0. The predicted molar refractivity (Wildman–Crippen MR) is 88.9 cm³/mol. The second-order valence-electron chi connectivity index (χ2n) is 5.33. The van der Waals surface area contributed by atoms with E-state index in [1.165, 1.54) is 17.7 Å². The molecule has 0 spiro atoms. The number of aryl methyl sites for hydroxylation is 1. The maximum absolute atomic E-state index is 13.1. The molecule has 0 radical (unpaired) electrons. The Bertz CT molecular complexity index is 810. The van der Waals surface area contributed by atoms with Crippen LogP contribution < -0.4 is 9.47 Å². The molecule has 0 aliphatic heterocycles. The predicted octanol–water partition coefficient (Wildman–Crippen LogP) is 6.03. The highest BCUT2D eigenvalue weighted by Crippen LogP contribution is 2.29. The van der Waals surface area contributed by atoms with Crippen molar-refractivity contribution in [3.05, 3.63) is 83.7 Å². The first kappa shape index (κ1) is 15.1. The lowest BCUT2D eigenvalue weighted by Gasteiger charge is -2.11. The zero-order valence-electron chi connectivity index (χ0n) is 13.0. The van der Waals surface area contributed by atoms with Crippen LogP contribution in [0, 0.1) is 19.7 Å². The molecular formula is C20H17FO2. The van der Waals surface area contributed by atoms with Crippen molar-refractivity contribution < 1.29 is 13.9 Å². The average molecular weight is 308 g/mol. The summed E-state index contributed by atoms with van der Waals surface area (Å²) in [5.41, 5.74) is 2.31. The smallest absolute Gasteiger partial charge is 0.130 e. The van der Waals surface area contributed by atoms with Crippen molar-refractivity contribution in [2.45, 2.75) is 13.8 Å². The van der Waals surface area contributed by atoms with Gasteiger partial charge in [0.1, 0.15) is 28.8 Å². The second-order valence-corrected chi connectivity index (χ2v) is 5.33. The van der Waals surface area contributed by atoms with E-state index in [0.29, 0.717) is 11.5 Å². The molecule has 3 heteroatoms. The van der Waals surface area contributed by atoms with Crippen LogP contribution >= 0.6 is 0 Å². The van der Waals surface area contributed by atoms with E-state index in [-0.39, 0.29) is 5.82 Å². The highest BCUT2D eigenvalue weighted by atomic mass is 19.1. The molecule has 0 unspecified atom stereocenters. The number of hydrogen-bond acceptors (Lipinski definition) is 2. The third-order valence-electron chi connectivity index (χ3n) is 3.64. The zero-order chi connectivity index (χ0) is 16.2. The van der Waals surface area contributed by atoms with Crippen molar-refractivity contribution in [3.8, 4) is 23.0 Å². The fourth-order valence-corrected chi connectivity index (χ4v) is 2.20. The van der Waals surface area contributed by atoms with Crippen molar-refractivity contribution in [1.29, 1.82) is 0 Å². The van der Waals surface area contributed by atoms with Gasteiger partial charge in [-0.1, -0.05) is 18.2 Å². The summed E-state index contributed by atoms with van der Waals surface area (Å²) in [4.78, 5) is 0. The van der Waals surface area contributed by atoms with Crippen molar-refractivity contribution in [1.82, 2.24) is 0 Å². The van der Waals surface area contributed by atoms with Crippen LogP contribution in [0.25, 0.3) is 0 Å². The minimum Gasteiger partial charge on any atom is -0.457 e. The standard InChI is InChI=1S/C20H17FO2/c1-14-5-3-8-20(15(14)2)23-18-11-9-17(10-12-18)22-19-7-4-6-16(21)13-19/h3-13H,1-2H3. The minimum absolute atomic E-state index is 0.322. The van der Waals surface area contributed by atoms with Crippen LogP contribution in [-0.4, -0.2) is 0 Å². The number of benzene rings is 3. The molecule has 3 aromatic rings. The van der Waals surface area contributed by atoms with Crippen LogP contribution in [-0.2, 0) is 0 Å². The zero-order valence-corrected chi connectivity index (χ0v) is 13.0. The van der Waals surface area contributed by atoms with Gasteiger partial charge in [-0.05, 0) is 67.4 Å². The van der Waals surface area contributed by atoms with Gasteiger partial charge in [0.15, 0.2) is 0 Å². The molecule has 116 valence electrons. The monoisotopic (exact) mass is 308 g/mol. The van der Waals surface area contributed by atoms with Gasteiger partial charge in [-0.2, -0.15) is 0 Å². The maximum atomic E-state index is 13.1. The molecule has 0 heterocycles. The van der Waals surface area contributed by atoms with E-state index in [1.807, 2.05) is 31.2 Å². The molecule has 2 nitrogen and oxygen atoms in total. The molecule has 3 aromatic carbocycles. The molecule has 0 saturated carbocycles. The number of ether oxygens (including phenoxy) is 2. The molecule has 0 aliphatic carbocycles. The minimum atomic E-state index is -0.322. The molecule has 23 heavy (non-hydrogen) atoms. The van der Waals surface area contributed by atoms with Gasteiger partial charge < -0.3 is 9.47 Å². The summed E-state index contributed by atoms with van der Waals surface area (Å²) >= 11 is 0. The maximum Gasteiger partial charge on any atom is 0.130 e. The van der Waals surface area contributed by atoms with Crippen LogP contribution in [0.15, 0.2) is 66.7 Å². The SMILES string of the molecule is Cc1cccc(Oc2ccc(Oc3cccc(F)c3)cc2)c1C. The summed E-state index contributed by atoms with van der Waals surface area (Å²) in [5, 5.41) is 0. The summed E-state index contributed by atoms with van der Waals surface area (Å²) in [6.07, 6.45) is 0. The molecule has 0 aromatic heterocycles. The van der Waals surface area contributed by atoms with E-state index in [9.17, 15) is 4.39 Å². The first-order valence-electron chi connectivity index (χ1n) is 7.39. The Morgan fingerprint density at radius 1 is 0.696 bits per heavy atom. The van der Waals surface area contributed by atoms with Gasteiger partial charge in [-0.3, -0.25) is 0 Å². The normalized spacial score (nSPS) is 10.4. The topological polar surface area (TPSA) is 18.5 Å². The largest absolute Gasteiger partial charge is 0.457 e. The van der Waals surface area contributed by atoms with Crippen LogP contribution in [0.3, 0.4) is 0 Å². The average Bonchev–Trinajstić information content (AvgIpc) is 2.54. The molecular weight excluding hydrogens is 291 g/mol. The summed E-state index contributed by atoms with van der Waals surface area (Å²) in [5.74, 6) is 2.34. The van der Waals surface area contributed by atoms with Gasteiger partial charge in [-0.25, -0.2) is 4.39 Å². The molecule has 0 fully saturated rings. The summed E-state index contributed by atoms with van der Waals surface area (Å²) in [6.45, 7) is 4.09. The van der Waals surface area contributed by atoms with Crippen LogP contribution in [0.5, 0.6) is 23.0 Å². The van der Waals surface area contributed by atoms with Crippen LogP contribution in [0.1, 0.15) is 11.1 Å². The Labute approximate surface area is 135 Å². The summed E-state index contributed by atoms with van der Waals surface area (Å²) in [6, 6.07) is 19.3. The second kappa shape index (κ2) is 6.53. The van der Waals surface area contributed by atoms with Gasteiger partial charge in [-0.15, -0.1) is 0 Å². The first-order valence-corrected chi connectivity index (χ1v) is 7.39. The first-order chi connectivity index (χ1) is 11.1. The Morgan fingerprint density at radius 2 is 1.35 bits per heavy atom. The van der Waals surface area contributed by atoms with Gasteiger partial charge >= 0.3 is 0 Å². The molecule has 3 rings (SSSR count). The third kappa shape index (κ3) is 3.69. The highest BCUT2D eigenvalue weighted by Gasteiger charge is 2.04.